The fourth-order valence-electron chi connectivity index (χ4n) is 1.33. The summed E-state index contributed by atoms with van der Waals surface area (Å²) in [6.07, 6.45) is 1.95. The molecule has 14 heavy (non-hydrogen) atoms. The summed E-state index contributed by atoms with van der Waals surface area (Å²) in [5.74, 6) is 0.203. The minimum atomic E-state index is 0.203. The molecule has 1 aromatic rings. The molecule has 0 aromatic carbocycles. The van der Waals surface area contributed by atoms with Crippen molar-refractivity contribution in [3.8, 4) is 5.75 Å². The third-order valence-corrected chi connectivity index (χ3v) is 5.93. The number of nitrogens with zero attached hydrogens (tertiary/aromatic N) is 1. The van der Waals surface area contributed by atoms with Crippen LogP contribution >= 0.6 is 32.4 Å². The first-order valence-corrected chi connectivity index (χ1v) is 7.70. The van der Waals surface area contributed by atoms with E-state index in [2.05, 4.69) is 4.58 Å². The van der Waals surface area contributed by atoms with Crippen molar-refractivity contribution < 1.29 is 9.84 Å². The quantitative estimate of drug-likeness (QED) is 0.411. The van der Waals surface area contributed by atoms with Crippen molar-refractivity contribution in [1.82, 2.24) is 4.58 Å². The van der Waals surface area contributed by atoms with E-state index in [1.807, 2.05) is 6.26 Å². The molecule has 0 unspecified atom stereocenters. The largest absolute Gasteiger partial charge is 0.866 e. The summed E-state index contributed by atoms with van der Waals surface area (Å²) in [5, 5.41) is 11.8. The summed E-state index contributed by atoms with van der Waals surface area (Å²) in [6.45, 7) is 3.15. The molecule has 0 N–H and O–H groups in total. The van der Waals surface area contributed by atoms with E-state index < -0.39 is 0 Å². The van der Waals surface area contributed by atoms with Gasteiger partial charge in [-0.2, -0.15) is 0 Å². The summed E-state index contributed by atoms with van der Waals surface area (Å²) in [4.78, 5) is 0. The molecule has 2 heterocycles. The molecule has 0 radical (unpaired) electrons. The Hall–Kier alpha value is -0.0400. The maximum Gasteiger partial charge on any atom is 0.260 e. The molecule has 2 rings (SSSR count). The van der Waals surface area contributed by atoms with Gasteiger partial charge >= 0.3 is 0 Å². The first-order valence-electron chi connectivity index (χ1n) is 4.32. The summed E-state index contributed by atoms with van der Waals surface area (Å²) < 4.78 is 9.18. The van der Waals surface area contributed by atoms with E-state index in [9.17, 15) is 5.11 Å². The van der Waals surface area contributed by atoms with Gasteiger partial charge in [-0.25, -0.2) is 4.58 Å². The van der Waals surface area contributed by atoms with E-state index in [1.165, 1.54) is 11.8 Å². The predicted octanol–water partition coefficient (Wildman–Crippen LogP) is 0.408. The number of rotatable bonds is 1. The van der Waals surface area contributed by atoms with Crippen molar-refractivity contribution in [2.24, 2.45) is 0 Å². The summed E-state index contributed by atoms with van der Waals surface area (Å²) >= 11 is 1.54. The van der Waals surface area contributed by atoms with Crippen LogP contribution in [0, 0.1) is 0 Å². The van der Waals surface area contributed by atoms with Crippen molar-refractivity contribution in [3.05, 3.63) is 4.67 Å². The smallest absolute Gasteiger partial charge is 0.260 e. The van der Waals surface area contributed by atoms with Crippen molar-refractivity contribution in [1.29, 1.82) is 0 Å². The molecule has 6 heteroatoms. The van der Waals surface area contributed by atoms with Crippen LogP contribution in [0.3, 0.4) is 0 Å². The van der Waals surface area contributed by atoms with E-state index >= 15 is 0 Å². The molecule has 78 valence electrons. The predicted molar refractivity (Wildman–Crippen MR) is 59.2 cm³/mol. The number of hydrogen-bond donors (Lipinski definition) is 0. The van der Waals surface area contributed by atoms with Crippen LogP contribution < -0.4 is 14.4 Å². The molecule has 1 aliphatic heterocycles. The first-order chi connectivity index (χ1) is 6.83. The van der Waals surface area contributed by atoms with Crippen molar-refractivity contribution in [3.63, 3.8) is 0 Å². The van der Waals surface area contributed by atoms with Crippen LogP contribution in [-0.4, -0.2) is 32.6 Å². The maximum atomic E-state index is 11.8. The van der Waals surface area contributed by atoms with Crippen LogP contribution in [0.15, 0.2) is 4.21 Å². The van der Waals surface area contributed by atoms with E-state index in [1.54, 1.807) is 20.7 Å². The highest BCUT2D eigenvalue weighted by molar-refractivity contribution is 8.02. The van der Waals surface area contributed by atoms with Crippen LogP contribution in [0.4, 0.5) is 0 Å². The average Bonchev–Trinajstić information content (AvgIpc) is 2.61. The van der Waals surface area contributed by atoms with Crippen molar-refractivity contribution >= 4 is 32.4 Å². The van der Waals surface area contributed by atoms with E-state index in [0.717, 1.165) is 35.2 Å². The van der Waals surface area contributed by atoms with Crippen LogP contribution in [0.1, 0.15) is 0 Å². The van der Waals surface area contributed by atoms with E-state index in [0.29, 0.717) is 0 Å². The highest BCUT2D eigenvalue weighted by Gasteiger charge is 2.14. The van der Waals surface area contributed by atoms with Gasteiger partial charge in [0.2, 0.25) is 0 Å². The zero-order valence-corrected chi connectivity index (χ0v) is 10.3. The minimum absolute atomic E-state index is 0.203. The van der Waals surface area contributed by atoms with Gasteiger partial charge in [0.05, 0.1) is 4.21 Å². The number of hydrogen-bond acceptors (Lipinski definition) is 5. The monoisotopic (exact) mass is 249 g/mol. The molecule has 1 aromatic heterocycles. The van der Waals surface area contributed by atoms with Gasteiger partial charge in [-0.05, 0) is 16.6 Å². The molecule has 1 fully saturated rings. The van der Waals surface area contributed by atoms with Gasteiger partial charge in [-0.3, -0.25) is 0 Å². The van der Waals surface area contributed by atoms with Crippen LogP contribution in [0.2, 0.25) is 0 Å². The Kier molecular flexibility index (Phi) is 3.48. The van der Waals surface area contributed by atoms with E-state index in [-0.39, 0.29) is 5.75 Å². The van der Waals surface area contributed by atoms with Gasteiger partial charge < -0.3 is 9.84 Å². The second kappa shape index (κ2) is 4.65. The summed E-state index contributed by atoms with van der Waals surface area (Å²) in [5.41, 5.74) is 0. The van der Waals surface area contributed by atoms with E-state index in [4.69, 9.17) is 4.74 Å². The van der Waals surface area contributed by atoms with Crippen LogP contribution in [0.25, 0.3) is 0 Å². The summed E-state index contributed by atoms with van der Waals surface area (Å²) in [6, 6.07) is 0. The van der Waals surface area contributed by atoms with Gasteiger partial charge in [0.25, 0.3) is 4.67 Å². The Morgan fingerprint density at radius 3 is 2.64 bits per heavy atom. The molecule has 0 saturated carbocycles. The number of thioether (sulfide) groups is 1. The lowest BCUT2D eigenvalue weighted by Crippen LogP contribution is -2.39. The van der Waals surface area contributed by atoms with Crippen LogP contribution in [-0.2, 0) is 4.74 Å². The molecule has 0 atom stereocenters. The lowest BCUT2D eigenvalue weighted by Gasteiger charge is -2.11. The molecular weight excluding hydrogens is 238 g/mol. The molecular formula is C8H11NO2S3. The fourth-order valence-corrected chi connectivity index (χ4v) is 4.96. The standard InChI is InChI=1S/C8H11NO2S3/c1-12-8-6(10)7(13-14-8)9-2-4-11-5-3-9/h2-5H2,1H3. The second-order valence-corrected chi connectivity index (χ2v) is 6.10. The maximum absolute atomic E-state index is 11.8. The molecule has 0 amide bonds. The summed E-state index contributed by atoms with van der Waals surface area (Å²) in [7, 11) is 3.17. The Bertz CT molecular complexity index is 374. The Labute approximate surface area is 94.1 Å². The topological polar surface area (TPSA) is 35.3 Å². The Morgan fingerprint density at radius 2 is 2.07 bits per heavy atom. The van der Waals surface area contributed by atoms with Crippen LogP contribution in [0.5, 0.6) is 5.75 Å². The number of ether oxygens (including phenoxy) is 1. The Morgan fingerprint density at radius 1 is 1.36 bits per heavy atom. The molecule has 3 nitrogen and oxygen atoms in total. The minimum Gasteiger partial charge on any atom is -0.866 e. The highest BCUT2D eigenvalue weighted by Crippen LogP contribution is 2.29. The fraction of sp³-hybridized carbons (Fsp3) is 0.625. The van der Waals surface area contributed by atoms with Gasteiger partial charge in [-0.15, -0.1) is 11.8 Å². The lowest BCUT2D eigenvalue weighted by molar-refractivity contribution is -0.273. The zero-order valence-electron chi connectivity index (χ0n) is 7.82. The SMILES string of the molecule is CSc1ssc(=[N+]2CCOCC2)c1[O-]. The third kappa shape index (κ3) is 1.98. The average molecular weight is 249 g/mol. The van der Waals surface area contributed by atoms with Gasteiger partial charge in [-0.1, -0.05) is 10.3 Å². The van der Waals surface area contributed by atoms with Gasteiger partial charge in [0.15, 0.2) is 13.1 Å². The lowest BCUT2D eigenvalue weighted by atomic mass is 10.5. The van der Waals surface area contributed by atoms with Gasteiger partial charge in [0.1, 0.15) is 13.2 Å². The molecule has 0 spiro atoms. The molecule has 0 bridgehead atoms. The molecule has 1 aliphatic rings. The third-order valence-electron chi connectivity index (χ3n) is 2.06. The zero-order chi connectivity index (χ0) is 9.97. The first kappa shape index (κ1) is 10.5. The van der Waals surface area contributed by atoms with Crippen molar-refractivity contribution in [2.75, 3.05) is 32.6 Å². The Balaban J connectivity index is 2.42. The second-order valence-electron chi connectivity index (χ2n) is 2.89. The van der Waals surface area contributed by atoms with Gasteiger partial charge in [0, 0.05) is 5.75 Å². The molecule has 0 aliphatic carbocycles. The van der Waals surface area contributed by atoms with Crippen molar-refractivity contribution in [2.45, 2.75) is 4.21 Å². The number of morpholine rings is 1. The highest BCUT2D eigenvalue weighted by atomic mass is 32.9. The molecule has 1 saturated heterocycles. The normalized spacial score (nSPS) is 17.4.